The lowest BCUT2D eigenvalue weighted by atomic mass is 10.0. The Bertz CT molecular complexity index is 828. The number of ketones is 1. The minimum Gasteiger partial charge on any atom is -0.340 e. The van der Waals surface area contributed by atoms with Gasteiger partial charge in [-0.25, -0.2) is 0 Å². The minimum absolute atomic E-state index is 0.0625. The summed E-state index contributed by atoms with van der Waals surface area (Å²) in [6, 6.07) is 16.0. The highest BCUT2D eigenvalue weighted by Crippen LogP contribution is 2.19. The average molecular weight is 365 g/mol. The predicted octanol–water partition coefficient (Wildman–Crippen LogP) is 2.02. The Morgan fingerprint density at radius 2 is 1.52 bits per heavy atom. The van der Waals surface area contributed by atoms with Crippen LogP contribution in [-0.4, -0.2) is 60.1 Å². The number of hydrogen-bond acceptors (Lipinski definition) is 4. The molecule has 2 amide bonds. The Morgan fingerprint density at radius 1 is 0.889 bits per heavy atom. The van der Waals surface area contributed by atoms with Gasteiger partial charge < -0.3 is 10.2 Å². The van der Waals surface area contributed by atoms with E-state index in [0.29, 0.717) is 43.0 Å². The molecule has 1 aliphatic rings. The van der Waals surface area contributed by atoms with E-state index in [0.717, 1.165) is 0 Å². The molecule has 0 spiro atoms. The van der Waals surface area contributed by atoms with Gasteiger partial charge in [0.1, 0.15) is 0 Å². The molecule has 1 aliphatic heterocycles. The molecular weight excluding hydrogens is 342 g/mol. The fraction of sp³-hybridized carbons (Fsp3) is 0.286. The number of anilines is 1. The summed E-state index contributed by atoms with van der Waals surface area (Å²) < 4.78 is 0. The van der Waals surface area contributed by atoms with Crippen LogP contribution in [0.3, 0.4) is 0 Å². The second-order valence-electron chi connectivity index (χ2n) is 6.57. The Morgan fingerprint density at radius 3 is 2.19 bits per heavy atom. The molecule has 0 bridgehead atoms. The molecule has 2 aromatic carbocycles. The highest BCUT2D eigenvalue weighted by molar-refractivity contribution is 6.13. The van der Waals surface area contributed by atoms with Crippen LogP contribution < -0.4 is 5.32 Å². The van der Waals surface area contributed by atoms with Crippen LogP contribution in [0.4, 0.5) is 5.69 Å². The van der Waals surface area contributed by atoms with Crippen LogP contribution in [-0.2, 0) is 9.59 Å². The molecule has 1 fully saturated rings. The first kappa shape index (κ1) is 18.8. The van der Waals surface area contributed by atoms with E-state index in [-0.39, 0.29) is 24.1 Å². The summed E-state index contributed by atoms with van der Waals surface area (Å²) in [7, 11) is 0. The highest BCUT2D eigenvalue weighted by Gasteiger charge is 2.21. The first-order chi connectivity index (χ1) is 13.0. The summed E-state index contributed by atoms with van der Waals surface area (Å²) in [6.07, 6.45) is 0. The second kappa shape index (κ2) is 8.60. The van der Waals surface area contributed by atoms with E-state index in [4.69, 9.17) is 0 Å². The summed E-state index contributed by atoms with van der Waals surface area (Å²) in [6.45, 7) is 4.38. The van der Waals surface area contributed by atoms with Crippen molar-refractivity contribution >= 4 is 23.3 Å². The molecular formula is C21H23N3O3. The molecule has 2 aromatic rings. The summed E-state index contributed by atoms with van der Waals surface area (Å²) in [5.74, 6) is -0.228. The number of carbonyl (C=O) groups is 3. The van der Waals surface area contributed by atoms with Gasteiger partial charge in [0.15, 0.2) is 5.78 Å². The van der Waals surface area contributed by atoms with Crippen molar-refractivity contribution in [1.29, 1.82) is 0 Å². The van der Waals surface area contributed by atoms with Crippen LogP contribution in [0.25, 0.3) is 0 Å². The quantitative estimate of drug-likeness (QED) is 0.823. The van der Waals surface area contributed by atoms with Crippen LogP contribution in [0.1, 0.15) is 22.8 Å². The molecule has 0 saturated carbocycles. The zero-order chi connectivity index (χ0) is 19.2. The third-order valence-electron chi connectivity index (χ3n) is 4.67. The van der Waals surface area contributed by atoms with Crippen molar-refractivity contribution in [1.82, 2.24) is 9.80 Å². The zero-order valence-electron chi connectivity index (χ0n) is 15.4. The summed E-state index contributed by atoms with van der Waals surface area (Å²) in [5.41, 5.74) is 1.57. The number of piperazine rings is 1. The third-order valence-corrected chi connectivity index (χ3v) is 4.67. The third kappa shape index (κ3) is 4.80. The van der Waals surface area contributed by atoms with Crippen molar-refractivity contribution in [3.63, 3.8) is 0 Å². The number of amides is 2. The fourth-order valence-corrected chi connectivity index (χ4v) is 3.15. The van der Waals surface area contributed by atoms with Crippen molar-refractivity contribution in [2.45, 2.75) is 6.92 Å². The standard InChI is InChI=1S/C21H23N3O3/c1-16(25)24-13-11-23(12-14-24)15-20(26)22-19-10-6-5-9-18(19)21(27)17-7-3-2-4-8-17/h2-10H,11-15H2,1H3,(H,22,26). The number of nitrogens with zero attached hydrogens (tertiary/aromatic N) is 2. The molecule has 3 rings (SSSR count). The summed E-state index contributed by atoms with van der Waals surface area (Å²) >= 11 is 0. The maximum atomic E-state index is 12.7. The van der Waals surface area contributed by atoms with Crippen molar-refractivity contribution in [3.8, 4) is 0 Å². The van der Waals surface area contributed by atoms with Crippen LogP contribution in [0.2, 0.25) is 0 Å². The smallest absolute Gasteiger partial charge is 0.238 e. The van der Waals surface area contributed by atoms with Gasteiger partial charge in [-0.15, -0.1) is 0 Å². The number of benzene rings is 2. The van der Waals surface area contributed by atoms with Crippen LogP contribution in [0.15, 0.2) is 54.6 Å². The molecule has 0 atom stereocenters. The van der Waals surface area contributed by atoms with Crippen molar-refractivity contribution in [3.05, 3.63) is 65.7 Å². The van der Waals surface area contributed by atoms with Crippen molar-refractivity contribution in [2.75, 3.05) is 38.0 Å². The zero-order valence-corrected chi connectivity index (χ0v) is 15.4. The maximum absolute atomic E-state index is 12.7. The van der Waals surface area contributed by atoms with E-state index in [1.807, 2.05) is 23.1 Å². The Balaban J connectivity index is 1.64. The maximum Gasteiger partial charge on any atom is 0.238 e. The lowest BCUT2D eigenvalue weighted by Crippen LogP contribution is -2.49. The molecule has 6 heteroatoms. The highest BCUT2D eigenvalue weighted by atomic mass is 16.2. The number of hydrogen-bond donors (Lipinski definition) is 1. The molecule has 140 valence electrons. The van der Waals surface area contributed by atoms with Crippen LogP contribution in [0, 0.1) is 0 Å². The van der Waals surface area contributed by atoms with Crippen molar-refractivity contribution < 1.29 is 14.4 Å². The molecule has 0 unspecified atom stereocenters. The molecule has 0 aliphatic carbocycles. The number of carbonyl (C=O) groups excluding carboxylic acids is 3. The SMILES string of the molecule is CC(=O)N1CCN(CC(=O)Nc2ccccc2C(=O)c2ccccc2)CC1. The van der Waals surface area contributed by atoms with Crippen LogP contribution >= 0.6 is 0 Å². The number of para-hydroxylation sites is 1. The average Bonchev–Trinajstić information content (AvgIpc) is 2.69. The van der Waals surface area contributed by atoms with Gasteiger partial charge in [0.25, 0.3) is 0 Å². The monoisotopic (exact) mass is 365 g/mol. The van der Waals surface area contributed by atoms with E-state index in [1.54, 1.807) is 48.2 Å². The molecule has 1 saturated heterocycles. The van der Waals surface area contributed by atoms with E-state index < -0.39 is 0 Å². The first-order valence-electron chi connectivity index (χ1n) is 9.01. The van der Waals surface area contributed by atoms with Gasteiger partial charge in [0.2, 0.25) is 11.8 Å². The minimum atomic E-state index is -0.167. The van der Waals surface area contributed by atoms with Gasteiger partial charge in [-0.05, 0) is 12.1 Å². The Labute approximate surface area is 158 Å². The Kier molecular flexibility index (Phi) is 5.98. The largest absolute Gasteiger partial charge is 0.340 e. The first-order valence-corrected chi connectivity index (χ1v) is 9.01. The van der Waals surface area contributed by atoms with Crippen molar-refractivity contribution in [2.24, 2.45) is 0 Å². The normalized spacial score (nSPS) is 14.6. The van der Waals surface area contributed by atoms with E-state index >= 15 is 0 Å². The summed E-state index contributed by atoms with van der Waals surface area (Å²) in [5, 5.41) is 2.86. The number of nitrogens with one attached hydrogen (secondary N) is 1. The Hall–Kier alpha value is -2.99. The van der Waals surface area contributed by atoms with Gasteiger partial charge >= 0.3 is 0 Å². The molecule has 6 nitrogen and oxygen atoms in total. The fourth-order valence-electron chi connectivity index (χ4n) is 3.15. The molecule has 0 aromatic heterocycles. The molecule has 1 N–H and O–H groups in total. The number of rotatable bonds is 5. The molecule has 0 radical (unpaired) electrons. The van der Waals surface area contributed by atoms with E-state index in [2.05, 4.69) is 5.32 Å². The van der Waals surface area contributed by atoms with Gasteiger partial charge in [-0.1, -0.05) is 42.5 Å². The van der Waals surface area contributed by atoms with Gasteiger partial charge in [0.05, 0.1) is 12.2 Å². The topological polar surface area (TPSA) is 69.7 Å². The van der Waals surface area contributed by atoms with Gasteiger partial charge in [0, 0.05) is 44.2 Å². The predicted molar refractivity (Wildman–Crippen MR) is 104 cm³/mol. The lowest BCUT2D eigenvalue weighted by Gasteiger charge is -2.33. The molecule has 1 heterocycles. The summed E-state index contributed by atoms with van der Waals surface area (Å²) in [4.78, 5) is 40.4. The van der Waals surface area contributed by atoms with E-state index in [9.17, 15) is 14.4 Å². The second-order valence-corrected chi connectivity index (χ2v) is 6.57. The van der Waals surface area contributed by atoms with Gasteiger partial charge in [-0.3, -0.25) is 19.3 Å². The van der Waals surface area contributed by atoms with Gasteiger partial charge in [-0.2, -0.15) is 0 Å². The van der Waals surface area contributed by atoms with Crippen LogP contribution in [0.5, 0.6) is 0 Å². The lowest BCUT2D eigenvalue weighted by molar-refractivity contribution is -0.130. The van der Waals surface area contributed by atoms with E-state index in [1.165, 1.54) is 0 Å². The molecule has 27 heavy (non-hydrogen) atoms.